The number of nitroso groups, excluding NO2 is 1. The van der Waals surface area contributed by atoms with Gasteiger partial charge in [0.2, 0.25) is 0 Å². The molecule has 4 nitrogen and oxygen atoms in total. The van der Waals surface area contributed by atoms with Gasteiger partial charge in [-0.05, 0) is 31.2 Å². The summed E-state index contributed by atoms with van der Waals surface area (Å²) < 4.78 is 0. The van der Waals surface area contributed by atoms with Crippen molar-refractivity contribution < 1.29 is 5.11 Å². The number of rotatable bonds is 4. The Morgan fingerprint density at radius 1 is 1.36 bits per heavy atom. The number of phenols is 1. The third-order valence-electron chi connectivity index (χ3n) is 2.19. The maximum atomic E-state index is 10.2. The zero-order valence-corrected chi connectivity index (χ0v) is 8.40. The molecule has 0 saturated heterocycles. The molecular formula is C10H14N2O2. The van der Waals surface area contributed by atoms with Gasteiger partial charge in [-0.2, -0.15) is 0 Å². The van der Waals surface area contributed by atoms with Gasteiger partial charge >= 0.3 is 0 Å². The lowest BCUT2D eigenvalue weighted by Gasteiger charge is -2.20. The molecule has 0 amide bonds. The van der Waals surface area contributed by atoms with Crippen molar-refractivity contribution in [2.24, 2.45) is 5.18 Å². The minimum Gasteiger partial charge on any atom is -0.505 e. The molecule has 1 aromatic carbocycles. The quantitative estimate of drug-likeness (QED) is 0.749. The minimum absolute atomic E-state index is 0.0654. The van der Waals surface area contributed by atoms with Gasteiger partial charge in [0.1, 0.15) is 11.4 Å². The predicted molar refractivity (Wildman–Crippen MR) is 57.1 cm³/mol. The van der Waals surface area contributed by atoms with E-state index in [4.69, 9.17) is 0 Å². The number of hydrogen-bond acceptors (Lipinski definition) is 4. The summed E-state index contributed by atoms with van der Waals surface area (Å²) >= 11 is 0. The fourth-order valence-corrected chi connectivity index (χ4v) is 1.37. The van der Waals surface area contributed by atoms with Crippen LogP contribution in [0.3, 0.4) is 0 Å². The first-order valence-corrected chi connectivity index (χ1v) is 4.64. The van der Waals surface area contributed by atoms with Crippen LogP contribution < -0.4 is 4.90 Å². The monoisotopic (exact) mass is 194 g/mol. The fraction of sp³-hybridized carbons (Fsp3) is 0.400. The Morgan fingerprint density at radius 3 is 2.43 bits per heavy atom. The van der Waals surface area contributed by atoms with Crippen molar-refractivity contribution >= 4 is 11.4 Å². The topological polar surface area (TPSA) is 52.9 Å². The van der Waals surface area contributed by atoms with Crippen LogP contribution in [-0.4, -0.2) is 18.2 Å². The molecule has 0 fully saturated rings. The molecule has 0 aliphatic rings. The maximum absolute atomic E-state index is 10.2. The number of nitrogens with zero attached hydrogens (tertiary/aromatic N) is 2. The first-order valence-electron chi connectivity index (χ1n) is 4.64. The van der Waals surface area contributed by atoms with E-state index < -0.39 is 0 Å². The first-order chi connectivity index (χ1) is 6.72. The first kappa shape index (κ1) is 10.5. The SMILES string of the molecule is CCN(CC)c1ccc(N=O)c(O)c1. The highest BCUT2D eigenvalue weighted by Gasteiger charge is 2.06. The van der Waals surface area contributed by atoms with E-state index in [1.54, 1.807) is 12.1 Å². The molecule has 0 saturated carbocycles. The van der Waals surface area contributed by atoms with Crippen molar-refractivity contribution in [3.05, 3.63) is 23.1 Å². The van der Waals surface area contributed by atoms with Gasteiger partial charge in [0, 0.05) is 24.8 Å². The average molecular weight is 194 g/mol. The van der Waals surface area contributed by atoms with Crippen LogP contribution in [0, 0.1) is 4.91 Å². The lowest BCUT2D eigenvalue weighted by Crippen LogP contribution is -2.21. The summed E-state index contributed by atoms with van der Waals surface area (Å²) in [7, 11) is 0. The molecule has 14 heavy (non-hydrogen) atoms. The largest absolute Gasteiger partial charge is 0.505 e. The molecule has 1 rings (SSSR count). The van der Waals surface area contributed by atoms with E-state index in [2.05, 4.69) is 10.1 Å². The third kappa shape index (κ3) is 2.02. The van der Waals surface area contributed by atoms with E-state index in [1.165, 1.54) is 6.07 Å². The molecule has 0 aliphatic heterocycles. The van der Waals surface area contributed by atoms with Crippen molar-refractivity contribution in [1.29, 1.82) is 0 Å². The highest BCUT2D eigenvalue weighted by molar-refractivity contribution is 5.61. The molecule has 76 valence electrons. The van der Waals surface area contributed by atoms with Gasteiger partial charge in [-0.1, -0.05) is 0 Å². The van der Waals surface area contributed by atoms with Crippen molar-refractivity contribution in [1.82, 2.24) is 0 Å². The summed E-state index contributed by atoms with van der Waals surface area (Å²) in [6.45, 7) is 5.80. The maximum Gasteiger partial charge on any atom is 0.149 e. The van der Waals surface area contributed by atoms with Crippen LogP contribution in [0.4, 0.5) is 11.4 Å². The number of hydrogen-bond donors (Lipinski definition) is 1. The molecule has 0 atom stereocenters. The molecule has 0 bridgehead atoms. The van der Waals surface area contributed by atoms with Crippen LogP contribution in [0.15, 0.2) is 23.4 Å². The summed E-state index contributed by atoms with van der Waals surface area (Å²) in [5, 5.41) is 12.1. The lowest BCUT2D eigenvalue weighted by molar-refractivity contribution is 0.476. The van der Waals surface area contributed by atoms with Gasteiger partial charge in [-0.25, -0.2) is 0 Å². The van der Waals surface area contributed by atoms with Crippen LogP contribution in [0.1, 0.15) is 13.8 Å². The van der Waals surface area contributed by atoms with E-state index in [1.807, 2.05) is 13.8 Å². The van der Waals surface area contributed by atoms with E-state index in [0.29, 0.717) is 0 Å². The van der Waals surface area contributed by atoms with Crippen LogP contribution in [0.2, 0.25) is 0 Å². The van der Waals surface area contributed by atoms with Crippen LogP contribution in [0.5, 0.6) is 5.75 Å². The number of benzene rings is 1. The van der Waals surface area contributed by atoms with E-state index in [9.17, 15) is 10.0 Å². The molecule has 0 spiro atoms. The molecule has 0 aromatic heterocycles. The van der Waals surface area contributed by atoms with Crippen LogP contribution >= 0.6 is 0 Å². The zero-order chi connectivity index (χ0) is 10.6. The summed E-state index contributed by atoms with van der Waals surface area (Å²) in [4.78, 5) is 12.3. The second kappa shape index (κ2) is 4.60. The Bertz CT molecular complexity index is 322. The second-order valence-corrected chi connectivity index (χ2v) is 2.94. The Kier molecular flexibility index (Phi) is 3.45. The summed E-state index contributed by atoms with van der Waals surface area (Å²) in [6.07, 6.45) is 0. The Morgan fingerprint density at radius 2 is 2.00 bits per heavy atom. The molecule has 1 N–H and O–H groups in total. The van der Waals surface area contributed by atoms with Crippen molar-refractivity contribution in [3.63, 3.8) is 0 Å². The summed E-state index contributed by atoms with van der Waals surface area (Å²) in [6, 6.07) is 4.86. The summed E-state index contributed by atoms with van der Waals surface area (Å²) in [5.74, 6) is -0.0654. The highest BCUT2D eigenvalue weighted by atomic mass is 16.3. The molecular weight excluding hydrogens is 180 g/mol. The van der Waals surface area contributed by atoms with E-state index in [0.717, 1.165) is 18.8 Å². The molecule has 0 aliphatic carbocycles. The number of phenolic OH excluding ortho intramolecular Hbond substituents is 1. The van der Waals surface area contributed by atoms with E-state index in [-0.39, 0.29) is 11.4 Å². The van der Waals surface area contributed by atoms with Crippen molar-refractivity contribution in [2.45, 2.75) is 13.8 Å². The van der Waals surface area contributed by atoms with Crippen LogP contribution in [0.25, 0.3) is 0 Å². The van der Waals surface area contributed by atoms with Gasteiger partial charge in [-0.3, -0.25) is 0 Å². The smallest absolute Gasteiger partial charge is 0.149 e. The fourth-order valence-electron chi connectivity index (χ4n) is 1.37. The van der Waals surface area contributed by atoms with Gasteiger partial charge in [0.25, 0.3) is 0 Å². The predicted octanol–water partition coefficient (Wildman–Crippen LogP) is 2.64. The average Bonchev–Trinajstić information content (AvgIpc) is 2.20. The Balaban J connectivity index is 3.00. The van der Waals surface area contributed by atoms with E-state index >= 15 is 0 Å². The normalized spacial score (nSPS) is 9.86. The van der Waals surface area contributed by atoms with Crippen LogP contribution in [-0.2, 0) is 0 Å². The molecule has 0 unspecified atom stereocenters. The molecule has 1 aromatic rings. The molecule has 0 heterocycles. The van der Waals surface area contributed by atoms with Gasteiger partial charge in [0.15, 0.2) is 0 Å². The summed E-state index contributed by atoms with van der Waals surface area (Å²) in [5.41, 5.74) is 0.987. The highest BCUT2D eigenvalue weighted by Crippen LogP contribution is 2.30. The van der Waals surface area contributed by atoms with Gasteiger partial charge in [0.05, 0.1) is 0 Å². The third-order valence-corrected chi connectivity index (χ3v) is 2.19. The molecule has 4 heteroatoms. The standard InChI is InChI=1S/C10H14N2O2/c1-3-12(4-2)8-5-6-9(11-14)10(13)7-8/h5-7,13H,3-4H2,1-2H3. The van der Waals surface area contributed by atoms with Crippen molar-refractivity contribution in [3.8, 4) is 5.75 Å². The van der Waals surface area contributed by atoms with Gasteiger partial charge < -0.3 is 10.0 Å². The van der Waals surface area contributed by atoms with Crippen molar-refractivity contribution in [2.75, 3.05) is 18.0 Å². The Labute approximate surface area is 83.1 Å². The number of anilines is 1. The zero-order valence-electron chi connectivity index (χ0n) is 8.40. The Hall–Kier alpha value is -1.58. The lowest BCUT2D eigenvalue weighted by atomic mass is 10.2. The van der Waals surface area contributed by atoms with Gasteiger partial charge in [-0.15, -0.1) is 4.91 Å². The minimum atomic E-state index is -0.0654. The second-order valence-electron chi connectivity index (χ2n) is 2.94. The molecule has 0 radical (unpaired) electrons. The number of aromatic hydroxyl groups is 1.